The molecular weight excluding hydrogens is 378 g/mol. The first-order chi connectivity index (χ1) is 14.6. The summed E-state index contributed by atoms with van der Waals surface area (Å²) in [7, 11) is 2.11. The number of nitrogens with zero attached hydrogens (tertiary/aromatic N) is 3. The van der Waals surface area contributed by atoms with Crippen molar-refractivity contribution in [3.63, 3.8) is 0 Å². The van der Waals surface area contributed by atoms with E-state index in [1.54, 1.807) is 6.26 Å². The van der Waals surface area contributed by atoms with Gasteiger partial charge in [0.1, 0.15) is 18.1 Å². The summed E-state index contributed by atoms with van der Waals surface area (Å²) in [6.07, 6.45) is 3.47. The van der Waals surface area contributed by atoms with Crippen LogP contribution in [0.4, 0.5) is 5.69 Å². The molecule has 0 aliphatic carbocycles. The van der Waals surface area contributed by atoms with Crippen LogP contribution < -0.4 is 15.5 Å². The highest BCUT2D eigenvalue weighted by Crippen LogP contribution is 2.11. The normalized spacial score (nSPS) is 11.5. The second-order valence-electron chi connectivity index (χ2n) is 7.21. The fourth-order valence-corrected chi connectivity index (χ4v) is 3.02. The van der Waals surface area contributed by atoms with E-state index in [2.05, 4.69) is 56.8 Å². The van der Waals surface area contributed by atoms with Gasteiger partial charge in [0, 0.05) is 38.8 Å². The fourth-order valence-electron chi connectivity index (χ4n) is 3.02. The molecule has 0 atom stereocenters. The lowest BCUT2D eigenvalue weighted by Gasteiger charge is -2.19. The second kappa shape index (κ2) is 11.1. The van der Waals surface area contributed by atoms with Gasteiger partial charge < -0.3 is 24.4 Å². The number of para-hydroxylation sites is 1. The number of hydrogen-bond donors (Lipinski definition) is 2. The van der Waals surface area contributed by atoms with Gasteiger partial charge in [0.05, 0.1) is 12.0 Å². The Balaban J connectivity index is 1.49. The maximum absolute atomic E-state index is 5.64. The number of nitrogens with one attached hydrogen (secondary N) is 2. The van der Waals surface area contributed by atoms with Crippen LogP contribution in [0.5, 0.6) is 0 Å². The van der Waals surface area contributed by atoms with Crippen molar-refractivity contribution < 1.29 is 8.83 Å². The minimum Gasteiger partial charge on any atom is -0.469 e. The van der Waals surface area contributed by atoms with Crippen LogP contribution in [0.3, 0.4) is 0 Å². The molecule has 0 radical (unpaired) electrons. The average molecular weight is 410 g/mol. The molecule has 0 bridgehead atoms. The number of guanidine groups is 1. The van der Waals surface area contributed by atoms with Crippen LogP contribution in [0.1, 0.15) is 29.5 Å². The lowest BCUT2D eigenvalue weighted by Crippen LogP contribution is -2.39. The molecule has 0 aliphatic rings. The van der Waals surface area contributed by atoms with Crippen LogP contribution in [-0.2, 0) is 13.0 Å². The molecule has 2 N–H and O–H groups in total. The number of hydrogen-bond acceptors (Lipinski definition) is 5. The number of aliphatic imine (C=N–C) groups is 1. The third kappa shape index (κ3) is 6.69. The topological polar surface area (TPSA) is 78.8 Å². The van der Waals surface area contributed by atoms with E-state index in [1.807, 2.05) is 32.0 Å². The van der Waals surface area contributed by atoms with Gasteiger partial charge in [-0.2, -0.15) is 0 Å². The SMILES string of the molecule is Cc1nc(CN=C(NCCCN(C)c2ccccc2)NCCc2ccco2)oc1C. The van der Waals surface area contributed by atoms with Gasteiger partial charge in [-0.15, -0.1) is 0 Å². The summed E-state index contributed by atoms with van der Waals surface area (Å²) < 4.78 is 11.0. The van der Waals surface area contributed by atoms with E-state index < -0.39 is 0 Å². The summed E-state index contributed by atoms with van der Waals surface area (Å²) in [6, 6.07) is 14.3. The number of oxazole rings is 1. The molecule has 7 nitrogen and oxygen atoms in total. The molecule has 0 saturated carbocycles. The highest BCUT2D eigenvalue weighted by molar-refractivity contribution is 5.79. The second-order valence-corrected chi connectivity index (χ2v) is 7.21. The molecule has 0 spiro atoms. The summed E-state index contributed by atoms with van der Waals surface area (Å²) in [4.78, 5) is 11.3. The van der Waals surface area contributed by atoms with Crippen LogP contribution in [-0.4, -0.2) is 37.6 Å². The van der Waals surface area contributed by atoms with E-state index in [-0.39, 0.29) is 0 Å². The van der Waals surface area contributed by atoms with Crippen LogP contribution >= 0.6 is 0 Å². The first-order valence-electron chi connectivity index (χ1n) is 10.4. The van der Waals surface area contributed by atoms with E-state index in [1.165, 1.54) is 5.69 Å². The summed E-state index contributed by atoms with van der Waals surface area (Å²) in [5, 5.41) is 6.78. The zero-order valence-electron chi connectivity index (χ0n) is 18.0. The van der Waals surface area contributed by atoms with Crippen molar-refractivity contribution in [3.8, 4) is 0 Å². The smallest absolute Gasteiger partial charge is 0.216 e. The molecule has 30 heavy (non-hydrogen) atoms. The third-order valence-corrected chi connectivity index (χ3v) is 4.85. The highest BCUT2D eigenvalue weighted by Gasteiger charge is 2.06. The van der Waals surface area contributed by atoms with Gasteiger partial charge in [-0.05, 0) is 44.5 Å². The van der Waals surface area contributed by atoms with E-state index in [0.717, 1.165) is 55.6 Å². The van der Waals surface area contributed by atoms with Crippen LogP contribution in [0.25, 0.3) is 0 Å². The summed E-state index contributed by atoms with van der Waals surface area (Å²) in [5.74, 6) is 3.16. The standard InChI is InChI=1S/C23H31N5O2/c1-18-19(2)30-22(27-18)17-26-23(25-14-12-21-11-7-16-29-21)24-13-8-15-28(3)20-9-5-4-6-10-20/h4-7,9-11,16H,8,12-15,17H2,1-3H3,(H2,24,25,26). The number of aromatic nitrogens is 1. The Hall–Kier alpha value is -3.22. The van der Waals surface area contributed by atoms with Gasteiger partial charge in [-0.25, -0.2) is 9.98 Å². The molecular formula is C23H31N5O2. The fraction of sp³-hybridized carbons (Fsp3) is 0.391. The quantitative estimate of drug-likeness (QED) is 0.302. The highest BCUT2D eigenvalue weighted by atomic mass is 16.4. The molecule has 2 heterocycles. The molecule has 0 saturated heterocycles. The van der Waals surface area contributed by atoms with Crippen molar-refractivity contribution in [1.82, 2.24) is 15.6 Å². The molecule has 0 fully saturated rings. The first-order valence-corrected chi connectivity index (χ1v) is 10.4. The van der Waals surface area contributed by atoms with Crippen LogP contribution in [0, 0.1) is 13.8 Å². The monoisotopic (exact) mass is 409 g/mol. The van der Waals surface area contributed by atoms with Gasteiger partial charge in [-0.1, -0.05) is 18.2 Å². The zero-order valence-corrected chi connectivity index (χ0v) is 18.0. The molecule has 0 unspecified atom stereocenters. The summed E-state index contributed by atoms with van der Waals surface area (Å²) in [6.45, 7) is 6.75. The Bertz CT molecular complexity index is 884. The molecule has 0 amide bonds. The molecule has 0 aliphatic heterocycles. The van der Waals surface area contributed by atoms with Gasteiger partial charge in [0.15, 0.2) is 5.96 Å². The van der Waals surface area contributed by atoms with Gasteiger partial charge in [0.2, 0.25) is 5.89 Å². The molecule has 3 aromatic rings. The Morgan fingerprint density at radius 2 is 1.87 bits per heavy atom. The zero-order chi connectivity index (χ0) is 21.2. The van der Waals surface area contributed by atoms with E-state index >= 15 is 0 Å². The summed E-state index contributed by atoms with van der Waals surface area (Å²) >= 11 is 0. The van der Waals surface area contributed by atoms with Crippen molar-refractivity contribution >= 4 is 11.6 Å². The van der Waals surface area contributed by atoms with Gasteiger partial charge in [-0.3, -0.25) is 0 Å². The average Bonchev–Trinajstić information content (AvgIpc) is 3.39. The Kier molecular flexibility index (Phi) is 7.94. The van der Waals surface area contributed by atoms with Crippen molar-refractivity contribution in [2.24, 2.45) is 4.99 Å². The molecule has 1 aromatic carbocycles. The largest absolute Gasteiger partial charge is 0.469 e. The van der Waals surface area contributed by atoms with Crippen molar-refractivity contribution in [1.29, 1.82) is 0 Å². The molecule has 3 rings (SSSR count). The minimum absolute atomic E-state index is 0.398. The maximum Gasteiger partial charge on any atom is 0.216 e. The van der Waals surface area contributed by atoms with E-state index in [0.29, 0.717) is 12.4 Å². The lowest BCUT2D eigenvalue weighted by molar-refractivity contribution is 0.472. The van der Waals surface area contributed by atoms with E-state index in [4.69, 9.17) is 8.83 Å². The van der Waals surface area contributed by atoms with Gasteiger partial charge >= 0.3 is 0 Å². The van der Waals surface area contributed by atoms with Crippen molar-refractivity contribution in [3.05, 3.63) is 71.8 Å². The van der Waals surface area contributed by atoms with Crippen LogP contribution in [0.2, 0.25) is 0 Å². The Morgan fingerprint density at radius 1 is 1.07 bits per heavy atom. The number of aryl methyl sites for hydroxylation is 2. The number of benzene rings is 1. The number of anilines is 1. The number of furan rings is 1. The molecule has 7 heteroatoms. The number of rotatable bonds is 10. The van der Waals surface area contributed by atoms with Crippen LogP contribution in [0.15, 0.2) is 62.6 Å². The predicted octanol–water partition coefficient (Wildman–Crippen LogP) is 3.69. The van der Waals surface area contributed by atoms with Gasteiger partial charge in [0.25, 0.3) is 0 Å². The molecule has 160 valence electrons. The summed E-state index contributed by atoms with van der Waals surface area (Å²) in [5.41, 5.74) is 2.13. The van der Waals surface area contributed by atoms with Crippen molar-refractivity contribution in [2.45, 2.75) is 33.2 Å². The first kappa shape index (κ1) is 21.5. The van der Waals surface area contributed by atoms with Crippen molar-refractivity contribution in [2.75, 3.05) is 31.6 Å². The third-order valence-electron chi connectivity index (χ3n) is 4.85. The lowest BCUT2D eigenvalue weighted by atomic mass is 10.3. The van der Waals surface area contributed by atoms with E-state index in [9.17, 15) is 0 Å². The minimum atomic E-state index is 0.398. The Labute approximate surface area is 178 Å². The maximum atomic E-state index is 5.64. The molecule has 2 aromatic heterocycles. The predicted molar refractivity (Wildman–Crippen MR) is 120 cm³/mol. The Morgan fingerprint density at radius 3 is 2.57 bits per heavy atom.